The highest BCUT2D eigenvalue weighted by Crippen LogP contribution is 2.38. The van der Waals surface area contributed by atoms with Crippen LogP contribution in [-0.2, 0) is 6.42 Å². The van der Waals surface area contributed by atoms with Crippen molar-refractivity contribution in [1.82, 2.24) is 5.32 Å². The van der Waals surface area contributed by atoms with Crippen LogP contribution in [0.15, 0.2) is 54.6 Å². The molecule has 0 aliphatic rings. The van der Waals surface area contributed by atoms with Crippen molar-refractivity contribution in [3.05, 3.63) is 76.3 Å². The maximum Gasteiger partial charge on any atom is 0.257 e. The van der Waals surface area contributed by atoms with E-state index >= 15 is 0 Å². The summed E-state index contributed by atoms with van der Waals surface area (Å²) in [5.74, 6) is 0.419. The minimum absolute atomic E-state index is 0.0405. The Balaban J connectivity index is 1.71. The van der Waals surface area contributed by atoms with Crippen molar-refractivity contribution < 1.29 is 23.8 Å². The first-order valence-corrected chi connectivity index (χ1v) is 12.0. The molecule has 0 aliphatic heterocycles. The van der Waals surface area contributed by atoms with E-state index in [2.05, 4.69) is 10.6 Å². The lowest BCUT2D eigenvalue weighted by Crippen LogP contribution is -2.34. The Bertz CT molecular complexity index is 1290. The van der Waals surface area contributed by atoms with Crippen molar-refractivity contribution >= 4 is 52.0 Å². The maximum atomic E-state index is 13.0. The Kier molecular flexibility index (Phi) is 9.32. The third kappa shape index (κ3) is 6.90. The lowest BCUT2D eigenvalue weighted by atomic mass is 10.0. The second-order valence-corrected chi connectivity index (χ2v) is 8.99. The number of ketones is 1. The Morgan fingerprint density at radius 3 is 2.08 bits per heavy atom. The van der Waals surface area contributed by atoms with Crippen LogP contribution >= 0.6 is 23.8 Å². The third-order valence-corrected chi connectivity index (χ3v) is 6.03. The van der Waals surface area contributed by atoms with Gasteiger partial charge >= 0.3 is 0 Å². The summed E-state index contributed by atoms with van der Waals surface area (Å²) in [6.07, 6.45) is 0.194. The minimum Gasteiger partial charge on any atom is -0.493 e. The zero-order chi connectivity index (χ0) is 27.1. The first-order chi connectivity index (χ1) is 17.7. The molecular weight excluding hydrogens is 514 g/mol. The minimum atomic E-state index is -0.483. The molecule has 2 N–H and O–H groups in total. The number of hydrogen-bond donors (Lipinski definition) is 2. The maximum absolute atomic E-state index is 13.0. The highest BCUT2D eigenvalue weighted by atomic mass is 35.5. The van der Waals surface area contributed by atoms with Crippen molar-refractivity contribution in [2.75, 3.05) is 45.6 Å². The van der Waals surface area contributed by atoms with Crippen LogP contribution in [0.4, 0.5) is 11.4 Å². The number of rotatable bonds is 9. The van der Waals surface area contributed by atoms with Crippen LogP contribution in [0.5, 0.6) is 17.2 Å². The Morgan fingerprint density at radius 1 is 0.919 bits per heavy atom. The molecule has 37 heavy (non-hydrogen) atoms. The highest BCUT2D eigenvalue weighted by Gasteiger charge is 2.18. The molecule has 0 spiro atoms. The van der Waals surface area contributed by atoms with Gasteiger partial charge in [-0.05, 0) is 60.2 Å². The van der Waals surface area contributed by atoms with Gasteiger partial charge in [0.25, 0.3) is 5.91 Å². The molecule has 3 aromatic carbocycles. The summed E-state index contributed by atoms with van der Waals surface area (Å²) in [6.45, 7) is 0. The number of carbonyl (C=O) groups excluding carboxylic acids is 2. The number of halogens is 1. The van der Waals surface area contributed by atoms with Crippen LogP contribution < -0.4 is 29.7 Å². The number of nitrogens with one attached hydrogen (secondary N) is 2. The standard InChI is InChI=1S/C27H28ClN3O5S/c1-31(2)19-9-6-16(7-10-19)12-22(32)20-15-18(8-11-21(20)28)29-27(37)30-26(33)17-13-23(34-3)25(36-5)24(14-17)35-4/h6-11,13-15H,12H2,1-5H3,(H2,29,30,33,37). The molecule has 0 aromatic heterocycles. The number of methoxy groups -OCH3 is 3. The van der Waals surface area contributed by atoms with E-state index in [9.17, 15) is 9.59 Å². The topological polar surface area (TPSA) is 89.1 Å². The molecule has 194 valence electrons. The van der Waals surface area contributed by atoms with Gasteiger partial charge in [0.2, 0.25) is 5.75 Å². The van der Waals surface area contributed by atoms with Crippen molar-refractivity contribution in [3.8, 4) is 17.2 Å². The number of hydrogen-bond acceptors (Lipinski definition) is 7. The average molecular weight is 542 g/mol. The van der Waals surface area contributed by atoms with Crippen LogP contribution in [0.2, 0.25) is 5.02 Å². The first kappa shape index (κ1) is 27.8. The van der Waals surface area contributed by atoms with Gasteiger partial charge in [-0.15, -0.1) is 0 Å². The van der Waals surface area contributed by atoms with Crippen molar-refractivity contribution in [2.45, 2.75) is 6.42 Å². The highest BCUT2D eigenvalue weighted by molar-refractivity contribution is 7.80. The lowest BCUT2D eigenvalue weighted by molar-refractivity contribution is 0.0973. The van der Waals surface area contributed by atoms with E-state index in [4.69, 9.17) is 38.0 Å². The van der Waals surface area contributed by atoms with Gasteiger partial charge in [0.15, 0.2) is 22.4 Å². The number of benzene rings is 3. The SMILES string of the molecule is COc1cc(C(=O)NC(=S)Nc2ccc(Cl)c(C(=O)Cc3ccc(N(C)C)cc3)c2)cc(OC)c1OC. The molecule has 0 bridgehead atoms. The van der Waals surface area contributed by atoms with Gasteiger partial charge in [-0.1, -0.05) is 23.7 Å². The van der Waals surface area contributed by atoms with Crippen LogP contribution in [0.3, 0.4) is 0 Å². The van der Waals surface area contributed by atoms with Crippen LogP contribution in [0.25, 0.3) is 0 Å². The number of nitrogens with zero attached hydrogens (tertiary/aromatic N) is 1. The van der Waals surface area contributed by atoms with E-state index < -0.39 is 5.91 Å². The Morgan fingerprint density at radius 2 is 1.54 bits per heavy atom. The molecule has 0 aliphatic carbocycles. The molecule has 3 aromatic rings. The van der Waals surface area contributed by atoms with Crippen molar-refractivity contribution in [3.63, 3.8) is 0 Å². The number of Topliss-reactive ketones (excluding diaryl/α,β-unsaturated/α-hetero) is 1. The summed E-state index contributed by atoms with van der Waals surface area (Å²) in [7, 11) is 8.31. The van der Waals surface area contributed by atoms with Gasteiger partial charge in [-0.2, -0.15) is 0 Å². The van der Waals surface area contributed by atoms with Gasteiger partial charge < -0.3 is 24.4 Å². The number of amides is 1. The van der Waals surface area contributed by atoms with E-state index in [0.29, 0.717) is 33.5 Å². The number of anilines is 2. The molecular formula is C27H28ClN3O5S. The van der Waals surface area contributed by atoms with E-state index in [1.807, 2.05) is 43.3 Å². The van der Waals surface area contributed by atoms with Gasteiger partial charge in [0.05, 0.1) is 26.4 Å². The van der Waals surface area contributed by atoms with Gasteiger partial charge in [-0.25, -0.2) is 0 Å². The molecule has 0 saturated heterocycles. The summed E-state index contributed by atoms with van der Waals surface area (Å²) in [4.78, 5) is 27.8. The predicted molar refractivity (Wildman–Crippen MR) is 150 cm³/mol. The molecule has 10 heteroatoms. The number of thiocarbonyl (C=S) groups is 1. The Labute approximate surface area is 226 Å². The lowest BCUT2D eigenvalue weighted by Gasteiger charge is -2.15. The van der Waals surface area contributed by atoms with Crippen LogP contribution in [0.1, 0.15) is 26.3 Å². The van der Waals surface area contributed by atoms with Gasteiger partial charge in [-0.3, -0.25) is 14.9 Å². The summed E-state index contributed by atoms with van der Waals surface area (Å²) < 4.78 is 15.9. The molecule has 0 radical (unpaired) electrons. The summed E-state index contributed by atoms with van der Waals surface area (Å²) in [6, 6.07) is 15.7. The van der Waals surface area contributed by atoms with Crippen molar-refractivity contribution in [2.24, 2.45) is 0 Å². The molecule has 8 nitrogen and oxygen atoms in total. The second-order valence-electron chi connectivity index (χ2n) is 8.18. The Hall–Kier alpha value is -3.82. The monoisotopic (exact) mass is 541 g/mol. The normalized spacial score (nSPS) is 10.3. The summed E-state index contributed by atoms with van der Waals surface area (Å²) >= 11 is 11.6. The molecule has 0 atom stereocenters. The number of carbonyl (C=O) groups is 2. The molecule has 0 saturated carbocycles. The zero-order valence-corrected chi connectivity index (χ0v) is 22.8. The molecule has 0 fully saturated rings. The van der Waals surface area contributed by atoms with Crippen molar-refractivity contribution in [1.29, 1.82) is 0 Å². The van der Waals surface area contributed by atoms with E-state index in [1.54, 1.807) is 18.2 Å². The predicted octanol–water partition coefficient (Wildman–Crippen LogP) is 4.98. The van der Waals surface area contributed by atoms with Gasteiger partial charge in [0.1, 0.15) is 0 Å². The fourth-order valence-electron chi connectivity index (χ4n) is 3.56. The fourth-order valence-corrected chi connectivity index (χ4v) is 3.99. The largest absolute Gasteiger partial charge is 0.493 e. The van der Waals surface area contributed by atoms with Crippen LogP contribution in [0, 0.1) is 0 Å². The second kappa shape index (κ2) is 12.4. The van der Waals surface area contributed by atoms with Crippen LogP contribution in [-0.4, -0.2) is 52.2 Å². The zero-order valence-electron chi connectivity index (χ0n) is 21.2. The number of ether oxygens (including phenoxy) is 3. The molecule has 1 amide bonds. The fraction of sp³-hybridized carbons (Fsp3) is 0.222. The first-order valence-electron chi connectivity index (χ1n) is 11.2. The van der Waals surface area contributed by atoms with E-state index in [0.717, 1.165) is 11.3 Å². The van der Waals surface area contributed by atoms with Gasteiger partial charge in [0, 0.05) is 43.0 Å². The quantitative estimate of drug-likeness (QED) is 0.289. The molecule has 0 unspecified atom stereocenters. The van der Waals surface area contributed by atoms with E-state index in [-0.39, 0.29) is 22.9 Å². The smallest absolute Gasteiger partial charge is 0.257 e. The third-order valence-electron chi connectivity index (χ3n) is 5.50. The van der Waals surface area contributed by atoms with E-state index in [1.165, 1.54) is 33.5 Å². The summed E-state index contributed by atoms with van der Waals surface area (Å²) in [5.41, 5.74) is 3.03. The molecule has 3 rings (SSSR count). The summed E-state index contributed by atoms with van der Waals surface area (Å²) in [5, 5.41) is 5.90. The molecule has 0 heterocycles. The average Bonchev–Trinajstić information content (AvgIpc) is 2.88.